The summed E-state index contributed by atoms with van der Waals surface area (Å²) in [5.74, 6) is 1.24. The Kier molecular flexibility index (Phi) is 7.31. The monoisotopic (exact) mass is 529 g/mol. The van der Waals surface area contributed by atoms with E-state index < -0.39 is 5.60 Å². The average Bonchev–Trinajstić information content (AvgIpc) is 2.64. The van der Waals surface area contributed by atoms with Gasteiger partial charge in [-0.1, -0.05) is 15.9 Å². The highest BCUT2D eigenvalue weighted by Crippen LogP contribution is 2.39. The molecule has 2 aliphatic rings. The Bertz CT molecular complexity index is 767. The van der Waals surface area contributed by atoms with Crippen molar-refractivity contribution in [1.82, 2.24) is 5.32 Å². The van der Waals surface area contributed by atoms with Crippen LogP contribution in [0.3, 0.4) is 0 Å². The lowest BCUT2D eigenvalue weighted by molar-refractivity contribution is 0.0484. The molecule has 3 rings (SSSR count). The third-order valence-electron chi connectivity index (χ3n) is 5.51. The Morgan fingerprint density at radius 3 is 2.55 bits per heavy atom. The second kappa shape index (κ2) is 9.38. The van der Waals surface area contributed by atoms with Gasteiger partial charge in [-0.3, -0.25) is 4.79 Å². The lowest BCUT2D eigenvalue weighted by atomic mass is 9.78. The van der Waals surface area contributed by atoms with Crippen LogP contribution in [-0.4, -0.2) is 30.1 Å². The van der Waals surface area contributed by atoms with E-state index in [1.807, 2.05) is 32.9 Å². The molecule has 0 aromatic heterocycles. The average molecular weight is 531 g/mol. The number of Topliss-reactive ketones (excluding diaryl/α,β-unsaturated/α-hetero) is 1. The Balaban J connectivity index is 1.53. The molecule has 0 radical (unpaired) electrons. The smallest absolute Gasteiger partial charge is 0.407 e. The summed E-state index contributed by atoms with van der Waals surface area (Å²) in [6.07, 6.45) is 4.34. The number of alkyl halides is 1. The zero-order valence-corrected chi connectivity index (χ0v) is 20.4. The minimum atomic E-state index is -0.484. The van der Waals surface area contributed by atoms with Crippen molar-refractivity contribution >= 4 is 43.7 Å². The van der Waals surface area contributed by atoms with Crippen LogP contribution in [0.2, 0.25) is 0 Å². The molecule has 1 saturated carbocycles. The third-order valence-corrected chi connectivity index (χ3v) is 6.74. The van der Waals surface area contributed by atoms with Gasteiger partial charge in [-0.15, -0.1) is 0 Å². The predicted molar refractivity (Wildman–Crippen MR) is 120 cm³/mol. The highest BCUT2D eigenvalue weighted by molar-refractivity contribution is 9.10. The van der Waals surface area contributed by atoms with E-state index in [9.17, 15) is 9.59 Å². The number of rotatable bonds is 4. The van der Waals surface area contributed by atoms with Gasteiger partial charge in [0.1, 0.15) is 11.4 Å². The van der Waals surface area contributed by atoms with Crippen LogP contribution in [0, 0.1) is 11.8 Å². The lowest BCUT2D eigenvalue weighted by Gasteiger charge is -2.33. The van der Waals surface area contributed by atoms with E-state index in [0.29, 0.717) is 29.2 Å². The quantitative estimate of drug-likeness (QED) is 0.484. The molecule has 0 spiro atoms. The van der Waals surface area contributed by atoms with Gasteiger partial charge in [0.2, 0.25) is 0 Å². The zero-order valence-electron chi connectivity index (χ0n) is 17.2. The molecule has 1 atom stereocenters. The second-order valence-corrected chi connectivity index (χ2v) is 10.5. The number of hydrogen-bond acceptors (Lipinski definition) is 4. The summed E-state index contributed by atoms with van der Waals surface area (Å²) in [7, 11) is 0. The Morgan fingerprint density at radius 2 is 1.93 bits per heavy atom. The van der Waals surface area contributed by atoms with Gasteiger partial charge in [0, 0.05) is 11.4 Å². The summed E-state index contributed by atoms with van der Waals surface area (Å²) < 4.78 is 12.1. The summed E-state index contributed by atoms with van der Waals surface area (Å²) in [4.78, 5) is 25.0. The van der Waals surface area contributed by atoms with Crippen molar-refractivity contribution in [3.63, 3.8) is 0 Å². The molecule has 5 nitrogen and oxygen atoms in total. The number of amides is 1. The number of ketones is 1. The summed E-state index contributed by atoms with van der Waals surface area (Å²) in [5, 5.41) is 3.68. The number of ether oxygens (including phenoxy) is 2. The summed E-state index contributed by atoms with van der Waals surface area (Å²) in [6.45, 7) is 6.03. The van der Waals surface area contributed by atoms with Gasteiger partial charge in [0.25, 0.3) is 0 Å². The molecule has 1 aromatic rings. The van der Waals surface area contributed by atoms with E-state index in [-0.39, 0.29) is 23.8 Å². The van der Waals surface area contributed by atoms with Crippen LogP contribution in [0.25, 0.3) is 0 Å². The normalized spacial score (nSPS) is 24.4. The van der Waals surface area contributed by atoms with E-state index in [1.54, 1.807) is 0 Å². The molecular weight excluding hydrogens is 502 g/mol. The number of benzene rings is 1. The molecule has 160 valence electrons. The van der Waals surface area contributed by atoms with Gasteiger partial charge in [-0.05, 0) is 92.4 Å². The van der Waals surface area contributed by atoms with Crippen LogP contribution >= 0.6 is 31.9 Å². The van der Waals surface area contributed by atoms with Crippen molar-refractivity contribution in [3.05, 3.63) is 27.7 Å². The first-order valence-electron chi connectivity index (χ1n) is 10.2. The van der Waals surface area contributed by atoms with Crippen molar-refractivity contribution in [2.75, 3.05) is 6.61 Å². The number of hydrogen-bond donors (Lipinski definition) is 1. The number of carbonyl (C=O) groups is 2. The van der Waals surface area contributed by atoms with Crippen molar-refractivity contribution in [1.29, 1.82) is 0 Å². The van der Waals surface area contributed by atoms with Crippen LogP contribution < -0.4 is 10.1 Å². The van der Waals surface area contributed by atoms with Crippen molar-refractivity contribution in [2.45, 2.75) is 69.8 Å². The number of carbonyl (C=O) groups excluding carboxylic acids is 2. The van der Waals surface area contributed by atoms with Gasteiger partial charge in [0.15, 0.2) is 5.78 Å². The van der Waals surface area contributed by atoms with Crippen LogP contribution in [0.4, 0.5) is 4.79 Å². The Morgan fingerprint density at radius 1 is 1.24 bits per heavy atom. The first-order valence-corrected chi connectivity index (χ1v) is 12.1. The van der Waals surface area contributed by atoms with Gasteiger partial charge in [-0.25, -0.2) is 4.79 Å². The summed E-state index contributed by atoms with van der Waals surface area (Å²) in [6, 6.07) is 4.07. The van der Waals surface area contributed by atoms with E-state index in [1.165, 1.54) is 0 Å². The van der Waals surface area contributed by atoms with Gasteiger partial charge in [0.05, 0.1) is 22.6 Å². The molecule has 7 heteroatoms. The largest absolute Gasteiger partial charge is 0.491 e. The number of alkyl carbamates (subject to hydrolysis) is 1. The highest BCUT2D eigenvalue weighted by Gasteiger charge is 2.34. The molecule has 1 amide bonds. The predicted octanol–water partition coefficient (Wildman–Crippen LogP) is 6.01. The fourth-order valence-corrected chi connectivity index (χ4v) is 5.08. The Labute approximate surface area is 189 Å². The van der Waals surface area contributed by atoms with Crippen molar-refractivity contribution < 1.29 is 19.1 Å². The number of nitrogens with one attached hydrogen (secondary N) is 1. The van der Waals surface area contributed by atoms with Crippen LogP contribution in [0.15, 0.2) is 16.6 Å². The molecule has 1 heterocycles. The standard InChI is InChI=1S/C22H29Br2NO4/c1-22(2,3)29-21(27)25-16-6-4-13(5-7-16)8-15-12-28-20-17(19(15)26)9-14(11-23)10-18(20)24/h9-10,13,15-16H,4-8,11-12H2,1-3H3,(H,25,27). The SMILES string of the molecule is CC(C)(C)OC(=O)NC1CCC(CC2COc3c(Br)cc(CBr)cc3C2=O)CC1. The summed E-state index contributed by atoms with van der Waals surface area (Å²) >= 11 is 6.98. The van der Waals surface area contributed by atoms with E-state index in [4.69, 9.17) is 9.47 Å². The second-order valence-electron chi connectivity index (χ2n) is 9.06. The van der Waals surface area contributed by atoms with Crippen LogP contribution in [0.5, 0.6) is 5.75 Å². The van der Waals surface area contributed by atoms with Crippen molar-refractivity contribution in [3.8, 4) is 5.75 Å². The maximum absolute atomic E-state index is 13.1. The molecule has 29 heavy (non-hydrogen) atoms. The molecule has 1 aliphatic carbocycles. The minimum Gasteiger partial charge on any atom is -0.491 e. The molecule has 0 bridgehead atoms. The van der Waals surface area contributed by atoms with Crippen LogP contribution in [0.1, 0.15) is 68.8 Å². The molecule has 1 fully saturated rings. The van der Waals surface area contributed by atoms with Gasteiger partial charge < -0.3 is 14.8 Å². The first kappa shape index (κ1) is 22.6. The van der Waals surface area contributed by atoms with Gasteiger partial charge in [-0.2, -0.15) is 0 Å². The van der Waals surface area contributed by atoms with E-state index >= 15 is 0 Å². The topological polar surface area (TPSA) is 64.6 Å². The highest BCUT2D eigenvalue weighted by atomic mass is 79.9. The minimum absolute atomic E-state index is 0.0969. The fourth-order valence-electron chi connectivity index (χ4n) is 4.13. The number of halogens is 2. The molecule has 1 aliphatic heterocycles. The molecule has 1 aromatic carbocycles. The zero-order chi connectivity index (χ0) is 21.2. The molecule has 1 unspecified atom stereocenters. The molecule has 1 N–H and O–H groups in total. The molecule has 0 saturated heterocycles. The lowest BCUT2D eigenvalue weighted by Crippen LogP contribution is -2.41. The Hall–Kier alpha value is -1.08. The van der Waals surface area contributed by atoms with E-state index in [2.05, 4.69) is 37.2 Å². The van der Waals surface area contributed by atoms with Crippen molar-refractivity contribution in [2.24, 2.45) is 11.8 Å². The number of fused-ring (bicyclic) bond motifs is 1. The molecular formula is C22H29Br2NO4. The maximum Gasteiger partial charge on any atom is 0.407 e. The third kappa shape index (κ3) is 5.97. The maximum atomic E-state index is 13.1. The van der Waals surface area contributed by atoms with Gasteiger partial charge >= 0.3 is 6.09 Å². The van der Waals surface area contributed by atoms with Crippen LogP contribution in [-0.2, 0) is 10.1 Å². The first-order chi connectivity index (χ1) is 13.7. The fraction of sp³-hybridized carbons (Fsp3) is 0.636. The summed E-state index contributed by atoms with van der Waals surface area (Å²) in [5.41, 5.74) is 1.26. The van der Waals surface area contributed by atoms with E-state index in [0.717, 1.165) is 42.1 Å².